The summed E-state index contributed by atoms with van der Waals surface area (Å²) in [6, 6.07) is 16.2. The molecule has 3 saturated heterocycles. The van der Waals surface area contributed by atoms with Crippen molar-refractivity contribution in [3.05, 3.63) is 93.0 Å². The number of hydrogen-bond donors (Lipinski definition) is 1. The molecule has 3 aromatic carbocycles. The van der Waals surface area contributed by atoms with Crippen LogP contribution in [-0.2, 0) is 51.0 Å². The van der Waals surface area contributed by atoms with Crippen molar-refractivity contribution in [2.45, 2.75) is 77.4 Å². The molecule has 3 heterocycles. The summed E-state index contributed by atoms with van der Waals surface area (Å²) < 4.78 is 41.3. The number of rotatable bonds is 13. The van der Waals surface area contributed by atoms with Crippen LogP contribution in [0.25, 0.3) is 0 Å². The number of halogens is 4. The number of nitrogens with zero attached hydrogens (tertiary/aromatic N) is 5. The van der Waals surface area contributed by atoms with Gasteiger partial charge < -0.3 is 9.80 Å². The maximum absolute atomic E-state index is 13.8. The fourth-order valence-corrected chi connectivity index (χ4v) is 8.94. The van der Waals surface area contributed by atoms with Crippen molar-refractivity contribution >= 4 is 63.8 Å². The molecular formula is C43H46ClF3N6O4S. The van der Waals surface area contributed by atoms with Crippen molar-refractivity contribution in [1.82, 2.24) is 15.1 Å². The number of carbonyl (C=O) groups excluding carboxylic acids is 4. The third kappa shape index (κ3) is 9.60. The summed E-state index contributed by atoms with van der Waals surface area (Å²) in [5, 5.41) is 12.2. The Morgan fingerprint density at radius 3 is 2.33 bits per heavy atom. The van der Waals surface area contributed by atoms with Gasteiger partial charge in [-0.1, -0.05) is 30.7 Å². The molecule has 58 heavy (non-hydrogen) atoms. The Bertz CT molecular complexity index is 2160. The molecule has 3 aliphatic heterocycles. The number of thiocarbonyl (C=S) groups is 1. The van der Waals surface area contributed by atoms with Gasteiger partial charge in [-0.2, -0.15) is 18.4 Å². The first-order valence-corrected chi connectivity index (χ1v) is 20.3. The normalized spacial score (nSPS) is 19.1. The topological polar surface area (TPSA) is 117 Å². The molecule has 306 valence electrons. The average molecular weight is 835 g/mol. The van der Waals surface area contributed by atoms with E-state index in [1.54, 1.807) is 30.9 Å². The summed E-state index contributed by atoms with van der Waals surface area (Å²) in [6.45, 7) is 9.90. The third-order valence-electron chi connectivity index (χ3n) is 11.2. The van der Waals surface area contributed by atoms with E-state index < -0.39 is 28.7 Å². The number of anilines is 2. The number of carbonyl (C=O) groups is 4. The third-order valence-corrected chi connectivity index (χ3v) is 11.8. The van der Waals surface area contributed by atoms with Crippen LogP contribution in [0.4, 0.5) is 24.5 Å². The van der Waals surface area contributed by atoms with Crippen molar-refractivity contribution in [1.29, 1.82) is 5.26 Å². The van der Waals surface area contributed by atoms with Crippen LogP contribution >= 0.6 is 23.8 Å². The van der Waals surface area contributed by atoms with Gasteiger partial charge >= 0.3 is 6.18 Å². The number of nitriles is 1. The molecule has 3 fully saturated rings. The molecule has 0 spiro atoms. The lowest BCUT2D eigenvalue weighted by Gasteiger charge is -2.34. The fourth-order valence-electron chi connectivity index (χ4n) is 8.14. The molecule has 3 aliphatic rings. The standard InChI is InChI=1S/C43H46ClF3N6O4S/c1-4-29-23-35(53-41(58)52(40(57)42(53,2)3)34-10-8-32(25-48)37(24-34)43(45,46)47)11-7-30(29)6-5-13-50-14-16-51(17-15-50)26-36(54)22-28-18-27(20-33(44)21-28)19-31-9-12-38(55)49-39(31)56/h7-8,10-11,18,20-21,23-24,31H,4-6,9,12-17,19,22,26H2,1-3H3,(H,49,55,56). The van der Waals surface area contributed by atoms with Crippen LogP contribution < -0.4 is 15.1 Å². The number of imide groups is 1. The van der Waals surface area contributed by atoms with Crippen LogP contribution in [-0.4, -0.2) is 83.2 Å². The number of Topliss-reactive ketones (excluding diaryl/α,β-unsaturated/α-hetero) is 1. The van der Waals surface area contributed by atoms with Crippen LogP contribution in [0.5, 0.6) is 0 Å². The Balaban J connectivity index is 1.00. The number of aryl methyl sites for hydroxylation is 2. The summed E-state index contributed by atoms with van der Waals surface area (Å²) in [5.74, 6) is -1.20. The van der Waals surface area contributed by atoms with Crippen LogP contribution in [0.2, 0.25) is 5.02 Å². The van der Waals surface area contributed by atoms with Crippen molar-refractivity contribution < 1.29 is 32.3 Å². The van der Waals surface area contributed by atoms with Crippen LogP contribution in [0.1, 0.15) is 73.4 Å². The van der Waals surface area contributed by atoms with E-state index in [4.69, 9.17) is 23.8 Å². The largest absolute Gasteiger partial charge is 0.417 e. The first-order chi connectivity index (χ1) is 27.5. The molecule has 0 radical (unpaired) electrons. The first kappa shape index (κ1) is 42.9. The SMILES string of the molecule is CCc1cc(N2C(=S)N(c3ccc(C#N)c(C(F)(F)F)c3)C(=O)C2(C)C)ccc1CCCN1CCN(CC(=O)Cc2cc(Cl)cc(CC3CCC(=O)NC3=O)c2)CC1. The molecule has 3 aromatic rings. The Labute approximate surface area is 346 Å². The highest BCUT2D eigenvalue weighted by Gasteiger charge is 2.51. The van der Waals surface area contributed by atoms with Crippen LogP contribution in [0.3, 0.4) is 0 Å². The highest BCUT2D eigenvalue weighted by molar-refractivity contribution is 7.81. The van der Waals surface area contributed by atoms with E-state index in [-0.39, 0.29) is 40.7 Å². The monoisotopic (exact) mass is 834 g/mol. The maximum Gasteiger partial charge on any atom is 0.417 e. The molecule has 1 unspecified atom stereocenters. The van der Waals surface area contributed by atoms with E-state index in [1.807, 2.05) is 30.3 Å². The molecular weight excluding hydrogens is 789 g/mol. The smallest absolute Gasteiger partial charge is 0.304 e. The molecule has 15 heteroatoms. The average Bonchev–Trinajstić information content (AvgIpc) is 3.34. The van der Waals surface area contributed by atoms with Gasteiger partial charge in [0.25, 0.3) is 5.91 Å². The van der Waals surface area contributed by atoms with Gasteiger partial charge in [0.15, 0.2) is 10.9 Å². The van der Waals surface area contributed by atoms with Gasteiger partial charge in [0, 0.05) is 55.6 Å². The molecule has 10 nitrogen and oxygen atoms in total. The van der Waals surface area contributed by atoms with E-state index >= 15 is 0 Å². The van der Waals surface area contributed by atoms with E-state index in [0.717, 1.165) is 85.7 Å². The van der Waals surface area contributed by atoms with Crippen molar-refractivity contribution in [3.8, 4) is 6.07 Å². The predicted molar refractivity (Wildman–Crippen MR) is 220 cm³/mol. The van der Waals surface area contributed by atoms with Crippen molar-refractivity contribution in [2.75, 3.05) is 49.1 Å². The lowest BCUT2D eigenvalue weighted by atomic mass is 9.90. The number of amides is 3. The van der Waals surface area contributed by atoms with E-state index in [9.17, 15) is 37.6 Å². The minimum atomic E-state index is -4.78. The predicted octanol–water partition coefficient (Wildman–Crippen LogP) is 6.67. The van der Waals surface area contributed by atoms with Gasteiger partial charge in [0.05, 0.1) is 29.4 Å². The Hall–Kier alpha value is -4.68. The zero-order valence-corrected chi connectivity index (χ0v) is 34.3. The van der Waals surface area contributed by atoms with Crippen molar-refractivity contribution in [2.24, 2.45) is 5.92 Å². The Morgan fingerprint density at radius 1 is 0.966 bits per heavy atom. The zero-order valence-electron chi connectivity index (χ0n) is 32.8. The summed E-state index contributed by atoms with van der Waals surface area (Å²) in [6.07, 6.45) is -0.782. The highest BCUT2D eigenvalue weighted by atomic mass is 35.5. The number of piperidine rings is 1. The summed E-state index contributed by atoms with van der Waals surface area (Å²) in [5.41, 5.74) is 1.73. The summed E-state index contributed by atoms with van der Waals surface area (Å²) in [7, 11) is 0. The lowest BCUT2D eigenvalue weighted by Crippen LogP contribution is -2.48. The van der Waals surface area contributed by atoms with Gasteiger partial charge in [-0.25, -0.2) is 0 Å². The van der Waals surface area contributed by atoms with Gasteiger partial charge in [0.2, 0.25) is 11.8 Å². The number of nitrogens with one attached hydrogen (secondary N) is 1. The van der Waals surface area contributed by atoms with Gasteiger partial charge in [-0.15, -0.1) is 0 Å². The quantitative estimate of drug-likeness (QED) is 0.149. The lowest BCUT2D eigenvalue weighted by molar-refractivity contribution is -0.138. The molecule has 1 atom stereocenters. The molecule has 1 N–H and O–H groups in total. The first-order valence-electron chi connectivity index (χ1n) is 19.5. The Kier molecular flexibility index (Phi) is 13.1. The number of benzene rings is 3. The second kappa shape index (κ2) is 17.7. The van der Waals surface area contributed by atoms with Crippen molar-refractivity contribution in [3.63, 3.8) is 0 Å². The molecule has 3 amide bonds. The van der Waals surface area contributed by atoms with Crippen LogP contribution in [0, 0.1) is 17.2 Å². The van der Waals surface area contributed by atoms with Gasteiger partial charge in [0.1, 0.15) is 5.54 Å². The maximum atomic E-state index is 13.8. The van der Waals surface area contributed by atoms with E-state index in [0.29, 0.717) is 36.5 Å². The van der Waals surface area contributed by atoms with E-state index in [2.05, 4.69) is 22.0 Å². The highest BCUT2D eigenvalue weighted by Crippen LogP contribution is 2.40. The second-order valence-corrected chi connectivity index (χ2v) is 16.5. The number of ketones is 1. The molecule has 0 saturated carbocycles. The summed E-state index contributed by atoms with van der Waals surface area (Å²) >= 11 is 12.1. The molecule has 6 rings (SSSR count). The second-order valence-electron chi connectivity index (χ2n) is 15.7. The number of alkyl halides is 3. The molecule has 0 bridgehead atoms. The minimum absolute atomic E-state index is 0.0480. The molecule has 0 aliphatic carbocycles. The van der Waals surface area contributed by atoms with Gasteiger partial charge in [-0.3, -0.25) is 34.3 Å². The fraction of sp³-hybridized carbons (Fsp3) is 0.442. The zero-order chi connectivity index (χ0) is 41.9. The van der Waals surface area contributed by atoms with Gasteiger partial charge in [-0.05, 0) is 129 Å². The minimum Gasteiger partial charge on any atom is -0.304 e. The van der Waals surface area contributed by atoms with E-state index in [1.165, 1.54) is 11.6 Å². The van der Waals surface area contributed by atoms with Crippen LogP contribution in [0.15, 0.2) is 54.6 Å². The number of hydrogen-bond acceptors (Lipinski definition) is 8. The summed E-state index contributed by atoms with van der Waals surface area (Å²) in [4.78, 5) is 57.9. The molecule has 0 aromatic heterocycles. The Morgan fingerprint density at radius 2 is 1.66 bits per heavy atom. The number of piperazine rings is 1.